The molecule has 0 aromatic carbocycles. The minimum absolute atomic E-state index is 0.141. The molecule has 2 nitrogen and oxygen atoms in total. The van der Waals surface area contributed by atoms with Gasteiger partial charge in [0.1, 0.15) is 11.5 Å². The molecular formula is C10H13F3N2. The summed E-state index contributed by atoms with van der Waals surface area (Å²) in [4.78, 5) is 3.55. The molecule has 1 aromatic heterocycles. The van der Waals surface area contributed by atoms with Crippen LogP contribution in [0.15, 0.2) is 12.1 Å². The van der Waals surface area contributed by atoms with Gasteiger partial charge in [0.15, 0.2) is 0 Å². The van der Waals surface area contributed by atoms with Gasteiger partial charge >= 0.3 is 6.18 Å². The van der Waals surface area contributed by atoms with Crippen molar-refractivity contribution in [2.75, 3.05) is 12.4 Å². The van der Waals surface area contributed by atoms with Crippen LogP contribution in [0.2, 0.25) is 0 Å². The Morgan fingerprint density at radius 1 is 1.27 bits per heavy atom. The van der Waals surface area contributed by atoms with Gasteiger partial charge in [0.25, 0.3) is 0 Å². The molecule has 1 aromatic rings. The summed E-state index contributed by atoms with van der Waals surface area (Å²) in [5.41, 5.74) is -0.0817. The third kappa shape index (κ3) is 2.61. The lowest BCUT2D eigenvalue weighted by molar-refractivity contribution is -0.141. The smallest absolute Gasteiger partial charge is 0.373 e. The number of nitrogens with one attached hydrogen (secondary N) is 1. The Bertz CT molecular complexity index is 345. The van der Waals surface area contributed by atoms with Gasteiger partial charge in [-0.05, 0) is 17.5 Å². The van der Waals surface area contributed by atoms with E-state index in [9.17, 15) is 13.2 Å². The van der Waals surface area contributed by atoms with Crippen LogP contribution in [0, 0.1) is 0 Å². The summed E-state index contributed by atoms with van der Waals surface area (Å²) in [5, 5.41) is 2.68. The third-order valence-corrected chi connectivity index (χ3v) is 2.08. The van der Waals surface area contributed by atoms with E-state index in [-0.39, 0.29) is 5.92 Å². The Hall–Kier alpha value is -1.26. The molecule has 0 fully saturated rings. The number of alkyl halides is 3. The maximum absolute atomic E-state index is 12.3. The number of rotatable bonds is 2. The summed E-state index contributed by atoms with van der Waals surface area (Å²) in [6.07, 6.45) is -4.39. The average Bonchev–Trinajstić information content (AvgIpc) is 2.15. The van der Waals surface area contributed by atoms with Crippen molar-refractivity contribution in [1.82, 2.24) is 4.98 Å². The first-order valence-electron chi connectivity index (χ1n) is 4.62. The van der Waals surface area contributed by atoms with Crippen LogP contribution in [-0.2, 0) is 6.18 Å². The summed E-state index contributed by atoms with van der Waals surface area (Å²) in [6, 6.07) is 2.47. The van der Waals surface area contributed by atoms with Gasteiger partial charge in [0.2, 0.25) is 0 Å². The molecule has 0 amide bonds. The number of aromatic nitrogens is 1. The lowest BCUT2D eigenvalue weighted by Gasteiger charge is -2.14. The molecule has 5 heteroatoms. The summed E-state index contributed by atoms with van der Waals surface area (Å²) in [5.74, 6) is 0.432. The molecular weight excluding hydrogens is 205 g/mol. The number of halogens is 3. The first-order valence-corrected chi connectivity index (χ1v) is 4.62. The zero-order chi connectivity index (χ0) is 11.6. The van der Waals surface area contributed by atoms with Crippen LogP contribution < -0.4 is 5.32 Å². The molecule has 1 rings (SSSR count). The van der Waals surface area contributed by atoms with E-state index in [1.165, 1.54) is 6.07 Å². The van der Waals surface area contributed by atoms with Crippen LogP contribution in [0.4, 0.5) is 19.0 Å². The van der Waals surface area contributed by atoms with Crippen molar-refractivity contribution in [2.24, 2.45) is 0 Å². The molecule has 1 N–H and O–H groups in total. The quantitative estimate of drug-likeness (QED) is 0.824. The van der Waals surface area contributed by atoms with E-state index >= 15 is 0 Å². The van der Waals surface area contributed by atoms with E-state index < -0.39 is 11.9 Å². The standard InChI is InChI=1S/C10H13F3N2/c1-6(2)7-4-5-8(10(11,12)13)15-9(7)14-3/h4-6H,1-3H3,(H,14,15). The van der Waals surface area contributed by atoms with Gasteiger partial charge in [-0.3, -0.25) is 0 Å². The third-order valence-electron chi connectivity index (χ3n) is 2.08. The molecule has 84 valence electrons. The molecule has 1 heterocycles. The number of anilines is 1. The molecule has 0 saturated heterocycles. The van der Waals surface area contributed by atoms with Crippen molar-refractivity contribution < 1.29 is 13.2 Å². The van der Waals surface area contributed by atoms with Crippen LogP contribution in [0.3, 0.4) is 0 Å². The largest absolute Gasteiger partial charge is 0.433 e. The zero-order valence-corrected chi connectivity index (χ0v) is 8.81. The fraction of sp³-hybridized carbons (Fsp3) is 0.500. The highest BCUT2D eigenvalue weighted by atomic mass is 19.4. The minimum Gasteiger partial charge on any atom is -0.373 e. The number of pyridine rings is 1. The molecule has 0 bridgehead atoms. The number of hydrogen-bond donors (Lipinski definition) is 1. The fourth-order valence-electron chi connectivity index (χ4n) is 1.29. The SMILES string of the molecule is CNc1nc(C(F)(F)F)ccc1C(C)C. The van der Waals surface area contributed by atoms with E-state index in [1.54, 1.807) is 7.05 Å². The van der Waals surface area contributed by atoms with E-state index in [0.29, 0.717) is 5.82 Å². The van der Waals surface area contributed by atoms with Crippen LogP contribution in [0.25, 0.3) is 0 Å². The molecule has 15 heavy (non-hydrogen) atoms. The highest BCUT2D eigenvalue weighted by molar-refractivity contribution is 5.46. The first-order chi connectivity index (χ1) is 6.86. The maximum Gasteiger partial charge on any atom is 0.433 e. The molecule has 0 aliphatic heterocycles. The van der Waals surface area contributed by atoms with Crippen molar-refractivity contribution in [3.8, 4) is 0 Å². The first kappa shape index (κ1) is 11.8. The second-order valence-electron chi connectivity index (χ2n) is 3.54. The van der Waals surface area contributed by atoms with Crippen molar-refractivity contribution in [2.45, 2.75) is 25.9 Å². The Balaban J connectivity index is 3.19. The van der Waals surface area contributed by atoms with Crippen molar-refractivity contribution >= 4 is 5.82 Å². The predicted octanol–water partition coefficient (Wildman–Crippen LogP) is 3.27. The maximum atomic E-state index is 12.3. The molecule has 0 atom stereocenters. The average molecular weight is 218 g/mol. The van der Waals surface area contributed by atoms with E-state index in [4.69, 9.17) is 0 Å². The highest BCUT2D eigenvalue weighted by Gasteiger charge is 2.33. The molecule has 0 unspecified atom stereocenters. The Morgan fingerprint density at radius 2 is 1.87 bits per heavy atom. The van der Waals surface area contributed by atoms with Crippen LogP contribution in [0.1, 0.15) is 31.0 Å². The summed E-state index contributed by atoms with van der Waals surface area (Å²) >= 11 is 0. The van der Waals surface area contributed by atoms with Crippen molar-refractivity contribution in [3.63, 3.8) is 0 Å². The van der Waals surface area contributed by atoms with Gasteiger partial charge in [-0.15, -0.1) is 0 Å². The second kappa shape index (κ2) is 4.08. The van der Waals surface area contributed by atoms with Crippen LogP contribution >= 0.6 is 0 Å². The molecule has 0 aliphatic rings. The van der Waals surface area contributed by atoms with Crippen LogP contribution in [-0.4, -0.2) is 12.0 Å². The minimum atomic E-state index is -4.39. The van der Waals surface area contributed by atoms with Gasteiger partial charge in [-0.1, -0.05) is 19.9 Å². The lowest BCUT2D eigenvalue weighted by Crippen LogP contribution is -2.11. The highest BCUT2D eigenvalue weighted by Crippen LogP contribution is 2.31. The van der Waals surface area contributed by atoms with Crippen molar-refractivity contribution in [1.29, 1.82) is 0 Å². The topological polar surface area (TPSA) is 24.9 Å². The lowest BCUT2D eigenvalue weighted by atomic mass is 10.0. The summed E-state index contributed by atoms with van der Waals surface area (Å²) in [7, 11) is 1.56. The summed E-state index contributed by atoms with van der Waals surface area (Å²) < 4.78 is 37.0. The zero-order valence-electron chi connectivity index (χ0n) is 8.81. The van der Waals surface area contributed by atoms with Crippen LogP contribution in [0.5, 0.6) is 0 Å². The Morgan fingerprint density at radius 3 is 2.27 bits per heavy atom. The van der Waals surface area contributed by atoms with E-state index in [0.717, 1.165) is 11.6 Å². The molecule has 0 aliphatic carbocycles. The van der Waals surface area contributed by atoms with Gasteiger partial charge in [-0.25, -0.2) is 4.98 Å². The van der Waals surface area contributed by atoms with Gasteiger partial charge in [0, 0.05) is 7.05 Å². The number of hydrogen-bond acceptors (Lipinski definition) is 2. The second-order valence-corrected chi connectivity index (χ2v) is 3.54. The van der Waals surface area contributed by atoms with Crippen molar-refractivity contribution in [3.05, 3.63) is 23.4 Å². The number of nitrogens with zero attached hydrogens (tertiary/aromatic N) is 1. The fourth-order valence-corrected chi connectivity index (χ4v) is 1.29. The van der Waals surface area contributed by atoms with Gasteiger partial charge < -0.3 is 5.32 Å². The Labute approximate surface area is 86.5 Å². The predicted molar refractivity (Wildman–Crippen MR) is 52.9 cm³/mol. The molecule has 0 radical (unpaired) electrons. The monoisotopic (exact) mass is 218 g/mol. The van der Waals surface area contributed by atoms with Gasteiger partial charge in [0.05, 0.1) is 0 Å². The molecule has 0 spiro atoms. The van der Waals surface area contributed by atoms with E-state index in [1.807, 2.05) is 13.8 Å². The molecule has 0 saturated carbocycles. The van der Waals surface area contributed by atoms with Gasteiger partial charge in [-0.2, -0.15) is 13.2 Å². The normalized spacial score (nSPS) is 11.9. The Kier molecular flexibility index (Phi) is 3.21. The summed E-state index contributed by atoms with van der Waals surface area (Å²) in [6.45, 7) is 3.82. The van der Waals surface area contributed by atoms with E-state index in [2.05, 4.69) is 10.3 Å².